The first-order valence-corrected chi connectivity index (χ1v) is 10.3. The van der Waals surface area contributed by atoms with Crippen LogP contribution in [0.2, 0.25) is 5.02 Å². The van der Waals surface area contributed by atoms with Crippen molar-refractivity contribution < 1.29 is 19.1 Å². The molecule has 2 rings (SSSR count). The summed E-state index contributed by atoms with van der Waals surface area (Å²) in [7, 11) is 0. The molecule has 1 aromatic carbocycles. The van der Waals surface area contributed by atoms with Gasteiger partial charge in [0.15, 0.2) is 0 Å². The summed E-state index contributed by atoms with van der Waals surface area (Å²) < 4.78 is 5.08. The largest absolute Gasteiger partial charge is 0.465 e. The normalized spacial score (nSPS) is 17.2. The molecule has 27 heavy (non-hydrogen) atoms. The van der Waals surface area contributed by atoms with E-state index < -0.39 is 6.04 Å². The molecule has 1 saturated heterocycles. The number of halogens is 1. The number of thioether (sulfide) groups is 1. The fraction of sp³-hybridized carbons (Fsp3) is 0.500. The zero-order valence-corrected chi connectivity index (χ0v) is 17.0. The molecule has 0 bridgehead atoms. The number of hydrogen-bond donors (Lipinski definition) is 2. The Morgan fingerprint density at radius 2 is 2.11 bits per heavy atom. The van der Waals surface area contributed by atoms with Crippen molar-refractivity contribution in [2.24, 2.45) is 0 Å². The molecule has 7 nitrogen and oxygen atoms in total. The number of nitrogens with one attached hydrogen (secondary N) is 2. The van der Waals surface area contributed by atoms with Gasteiger partial charge in [-0.05, 0) is 31.5 Å². The number of nitrogens with zero attached hydrogens (tertiary/aromatic N) is 1. The molecule has 1 aliphatic rings. The van der Waals surface area contributed by atoms with E-state index in [9.17, 15) is 14.4 Å². The molecular weight excluding hydrogens is 390 g/mol. The minimum Gasteiger partial charge on any atom is -0.465 e. The molecule has 1 aromatic rings. The predicted octanol–water partition coefficient (Wildman–Crippen LogP) is 1.68. The van der Waals surface area contributed by atoms with Gasteiger partial charge in [-0.3, -0.25) is 19.3 Å². The van der Waals surface area contributed by atoms with Crippen molar-refractivity contribution in [1.29, 1.82) is 0 Å². The molecule has 0 saturated carbocycles. The Bertz CT molecular complexity index is 701. The fourth-order valence-corrected chi connectivity index (χ4v) is 3.91. The lowest BCUT2D eigenvalue weighted by Gasteiger charge is -2.32. The zero-order chi connectivity index (χ0) is 19.8. The highest BCUT2D eigenvalue weighted by Crippen LogP contribution is 2.22. The predicted molar refractivity (Wildman–Crippen MR) is 107 cm³/mol. The van der Waals surface area contributed by atoms with Crippen LogP contribution in [0.25, 0.3) is 0 Å². The summed E-state index contributed by atoms with van der Waals surface area (Å²) >= 11 is 7.69. The number of amides is 2. The molecule has 0 aromatic heterocycles. The topological polar surface area (TPSA) is 87.7 Å². The van der Waals surface area contributed by atoms with Crippen molar-refractivity contribution in [1.82, 2.24) is 10.2 Å². The van der Waals surface area contributed by atoms with Crippen LogP contribution in [0.4, 0.5) is 5.69 Å². The second-order valence-corrected chi connectivity index (χ2v) is 7.61. The molecule has 1 unspecified atom stereocenters. The Balaban J connectivity index is 1.83. The van der Waals surface area contributed by atoms with E-state index in [0.717, 1.165) is 11.3 Å². The number of carbonyl (C=O) groups excluding carboxylic acids is 3. The maximum atomic E-state index is 12.2. The van der Waals surface area contributed by atoms with Crippen molar-refractivity contribution in [2.45, 2.75) is 19.9 Å². The van der Waals surface area contributed by atoms with Gasteiger partial charge in [-0.25, -0.2) is 0 Å². The van der Waals surface area contributed by atoms with Gasteiger partial charge in [0.05, 0.1) is 19.7 Å². The summed E-state index contributed by atoms with van der Waals surface area (Å²) in [5.41, 5.74) is 1.37. The first-order valence-electron chi connectivity index (χ1n) is 8.72. The lowest BCUT2D eigenvalue weighted by molar-refractivity contribution is -0.149. The molecule has 2 amide bonds. The van der Waals surface area contributed by atoms with E-state index in [-0.39, 0.29) is 30.9 Å². The summed E-state index contributed by atoms with van der Waals surface area (Å²) in [6, 6.07) is 4.80. The van der Waals surface area contributed by atoms with Crippen LogP contribution in [0.3, 0.4) is 0 Å². The molecule has 148 valence electrons. The van der Waals surface area contributed by atoms with Crippen molar-refractivity contribution in [3.8, 4) is 0 Å². The zero-order valence-electron chi connectivity index (χ0n) is 15.4. The van der Waals surface area contributed by atoms with Gasteiger partial charge in [0.25, 0.3) is 0 Å². The molecule has 1 fully saturated rings. The molecule has 9 heteroatoms. The lowest BCUT2D eigenvalue weighted by Crippen LogP contribution is -2.52. The summed E-state index contributed by atoms with van der Waals surface area (Å²) in [6.45, 7) is 4.38. The Morgan fingerprint density at radius 1 is 1.33 bits per heavy atom. The summed E-state index contributed by atoms with van der Waals surface area (Å²) in [4.78, 5) is 38.1. The molecule has 0 aliphatic carbocycles. The van der Waals surface area contributed by atoms with Gasteiger partial charge in [-0.15, -0.1) is 0 Å². The van der Waals surface area contributed by atoms with Crippen LogP contribution < -0.4 is 10.6 Å². The number of esters is 1. The van der Waals surface area contributed by atoms with E-state index in [0.29, 0.717) is 29.6 Å². The third-order valence-electron chi connectivity index (χ3n) is 4.13. The van der Waals surface area contributed by atoms with Crippen LogP contribution in [0.1, 0.15) is 12.5 Å². The second kappa shape index (κ2) is 10.5. The molecule has 2 N–H and O–H groups in total. The summed E-state index contributed by atoms with van der Waals surface area (Å²) in [5.74, 6) is 0.476. The molecule has 1 heterocycles. The number of carbonyl (C=O) groups is 3. The third kappa shape index (κ3) is 6.41. The third-order valence-corrected chi connectivity index (χ3v) is 5.56. The number of rotatable bonds is 7. The van der Waals surface area contributed by atoms with Gasteiger partial charge in [0.2, 0.25) is 11.8 Å². The van der Waals surface area contributed by atoms with Crippen molar-refractivity contribution in [2.75, 3.05) is 43.1 Å². The number of hydrogen-bond acceptors (Lipinski definition) is 6. The monoisotopic (exact) mass is 413 g/mol. The van der Waals surface area contributed by atoms with E-state index in [4.69, 9.17) is 16.3 Å². The Morgan fingerprint density at radius 3 is 2.85 bits per heavy atom. The number of ether oxygens (including phenoxy) is 1. The minimum atomic E-state index is -0.433. The summed E-state index contributed by atoms with van der Waals surface area (Å²) in [5, 5.41) is 5.88. The molecule has 0 radical (unpaired) electrons. The highest BCUT2D eigenvalue weighted by atomic mass is 35.5. The van der Waals surface area contributed by atoms with Gasteiger partial charge in [-0.2, -0.15) is 11.8 Å². The quantitative estimate of drug-likeness (QED) is 0.661. The molecule has 0 spiro atoms. The lowest BCUT2D eigenvalue weighted by atomic mass is 10.2. The van der Waals surface area contributed by atoms with E-state index >= 15 is 0 Å². The SMILES string of the molecule is CCOC(=O)C1CSCCN1CC(=O)NCC(=O)Nc1cccc(Cl)c1C. The van der Waals surface area contributed by atoms with Crippen molar-refractivity contribution in [3.05, 3.63) is 28.8 Å². The Hall–Kier alpha value is -1.77. The average molecular weight is 414 g/mol. The van der Waals surface area contributed by atoms with Crippen LogP contribution in [0.15, 0.2) is 18.2 Å². The highest BCUT2D eigenvalue weighted by molar-refractivity contribution is 7.99. The summed E-state index contributed by atoms with van der Waals surface area (Å²) in [6.07, 6.45) is 0. The fourth-order valence-electron chi connectivity index (χ4n) is 2.64. The van der Waals surface area contributed by atoms with E-state index in [2.05, 4.69) is 10.6 Å². The van der Waals surface area contributed by atoms with Crippen LogP contribution in [-0.2, 0) is 19.1 Å². The van der Waals surface area contributed by atoms with E-state index in [1.165, 1.54) is 0 Å². The van der Waals surface area contributed by atoms with Crippen LogP contribution >= 0.6 is 23.4 Å². The average Bonchev–Trinajstić information content (AvgIpc) is 2.64. The molecule has 1 atom stereocenters. The van der Waals surface area contributed by atoms with Gasteiger partial charge >= 0.3 is 5.97 Å². The van der Waals surface area contributed by atoms with E-state index in [1.54, 1.807) is 48.7 Å². The Labute approximate surface area is 168 Å². The van der Waals surface area contributed by atoms with Gasteiger partial charge in [0, 0.05) is 28.8 Å². The van der Waals surface area contributed by atoms with Gasteiger partial charge < -0.3 is 15.4 Å². The van der Waals surface area contributed by atoms with Gasteiger partial charge in [0.1, 0.15) is 6.04 Å². The van der Waals surface area contributed by atoms with Crippen LogP contribution in [-0.4, -0.2) is 66.5 Å². The smallest absolute Gasteiger partial charge is 0.324 e. The second-order valence-electron chi connectivity index (χ2n) is 6.05. The number of benzene rings is 1. The standard InChI is InChI=1S/C18H24ClN3O4S/c1-3-26-18(25)15-11-27-8-7-22(15)10-17(24)20-9-16(23)21-14-6-4-5-13(19)12(14)2/h4-6,15H,3,7-11H2,1-2H3,(H,20,24)(H,21,23). The van der Waals surface area contributed by atoms with Crippen molar-refractivity contribution >= 4 is 46.8 Å². The minimum absolute atomic E-state index is 0.0491. The van der Waals surface area contributed by atoms with Crippen LogP contribution in [0, 0.1) is 6.92 Å². The first kappa shape index (κ1) is 21.5. The number of anilines is 1. The Kier molecular flexibility index (Phi) is 8.40. The van der Waals surface area contributed by atoms with Crippen LogP contribution in [0.5, 0.6) is 0 Å². The molecule has 1 aliphatic heterocycles. The maximum absolute atomic E-state index is 12.2. The highest BCUT2D eigenvalue weighted by Gasteiger charge is 2.31. The van der Waals surface area contributed by atoms with E-state index in [1.807, 2.05) is 0 Å². The van der Waals surface area contributed by atoms with Crippen molar-refractivity contribution in [3.63, 3.8) is 0 Å². The maximum Gasteiger partial charge on any atom is 0.324 e. The first-order chi connectivity index (χ1) is 12.9. The molecular formula is C18H24ClN3O4S. The van der Waals surface area contributed by atoms with Gasteiger partial charge in [-0.1, -0.05) is 17.7 Å².